The summed E-state index contributed by atoms with van der Waals surface area (Å²) in [6.45, 7) is 0. The van der Waals surface area contributed by atoms with E-state index in [1.807, 2.05) is 49.3 Å². The molecule has 4 aliphatic rings. The number of carbonyl (C=O) groups excluding carboxylic acids is 4. The Morgan fingerprint density at radius 3 is 2.14 bits per heavy atom. The normalized spacial score (nSPS) is 23.9. The lowest BCUT2D eigenvalue weighted by Crippen LogP contribution is -2.53. The smallest absolute Gasteiger partial charge is 0.417 e. The lowest BCUT2D eigenvalue weighted by atomic mass is 9.49. The van der Waals surface area contributed by atoms with E-state index in [1.54, 1.807) is 60.7 Å². The van der Waals surface area contributed by atoms with E-state index in [0.717, 1.165) is 10.6 Å². The first-order valence-corrected chi connectivity index (χ1v) is 21.2. The van der Waals surface area contributed by atoms with Gasteiger partial charge in [0.1, 0.15) is 0 Å². The Bertz CT molecular complexity index is 2820. The van der Waals surface area contributed by atoms with Crippen molar-refractivity contribution in [2.75, 3.05) is 36.4 Å². The van der Waals surface area contributed by atoms with Gasteiger partial charge in [-0.05, 0) is 109 Å². The van der Waals surface area contributed by atoms with Crippen molar-refractivity contribution in [1.29, 1.82) is 0 Å². The van der Waals surface area contributed by atoms with Gasteiger partial charge in [-0.2, -0.15) is 28.4 Å². The quantitative estimate of drug-likeness (QED) is 0.0835. The van der Waals surface area contributed by atoms with Gasteiger partial charge in [0, 0.05) is 36.9 Å². The molecule has 0 unspecified atom stereocenters. The Balaban J connectivity index is 1.12. The van der Waals surface area contributed by atoms with E-state index < -0.39 is 75.4 Å². The topological polar surface area (TPSA) is 157 Å². The Labute approximate surface area is 380 Å². The number of allylic oxidation sites excluding steroid dienone is 2. The minimum Gasteiger partial charge on any atom is -0.504 e. The molecule has 4 amide bonds. The van der Waals surface area contributed by atoms with Gasteiger partial charge in [-0.3, -0.25) is 29.5 Å². The van der Waals surface area contributed by atoms with Crippen molar-refractivity contribution in [3.63, 3.8) is 0 Å². The van der Waals surface area contributed by atoms with E-state index in [4.69, 9.17) is 27.9 Å². The van der Waals surface area contributed by atoms with Crippen molar-refractivity contribution >= 4 is 75.4 Å². The molecule has 65 heavy (non-hydrogen) atoms. The lowest BCUT2D eigenvalue weighted by molar-refractivity contribution is -0.139. The molecule has 0 spiro atoms. The Morgan fingerprint density at radius 1 is 0.862 bits per heavy atom. The van der Waals surface area contributed by atoms with Gasteiger partial charge < -0.3 is 14.7 Å². The van der Waals surface area contributed by atoms with E-state index in [1.165, 1.54) is 13.2 Å². The minimum absolute atomic E-state index is 0.0673. The molecular formula is C47H38Cl2F3N7O6. The van der Waals surface area contributed by atoms with Gasteiger partial charge in [0.25, 0.3) is 11.8 Å². The summed E-state index contributed by atoms with van der Waals surface area (Å²) in [5.41, 5.74) is 3.56. The number of anilines is 3. The highest BCUT2D eigenvalue weighted by molar-refractivity contribution is 6.33. The molecule has 6 atom stereocenters. The predicted molar refractivity (Wildman–Crippen MR) is 235 cm³/mol. The number of alkyl halides is 3. The number of halogens is 5. The number of hydrogen-bond acceptors (Lipinski definition) is 11. The first-order valence-electron chi connectivity index (χ1n) is 20.4. The Kier molecular flexibility index (Phi) is 10.9. The number of ether oxygens (including phenoxy) is 1. The maximum atomic E-state index is 15.5. The largest absolute Gasteiger partial charge is 0.504 e. The number of pyridine rings is 1. The fraction of sp³-hybridized carbons (Fsp3) is 0.255. The van der Waals surface area contributed by atoms with Crippen LogP contribution in [0.4, 0.5) is 41.7 Å². The number of rotatable bonds is 9. The van der Waals surface area contributed by atoms with E-state index in [9.17, 15) is 27.9 Å². The summed E-state index contributed by atoms with van der Waals surface area (Å²) < 4.78 is 46.3. The van der Waals surface area contributed by atoms with Crippen LogP contribution in [0.5, 0.6) is 11.5 Å². The van der Waals surface area contributed by atoms with Crippen molar-refractivity contribution in [3.8, 4) is 11.5 Å². The number of carbonyl (C=O) groups is 4. The summed E-state index contributed by atoms with van der Waals surface area (Å²) in [5.74, 6) is -7.77. The molecule has 4 aromatic carbocycles. The number of amides is 4. The molecule has 3 heterocycles. The molecule has 2 aliphatic carbocycles. The zero-order chi connectivity index (χ0) is 46.1. The molecule has 1 saturated carbocycles. The molecule has 2 N–H and O–H groups in total. The van der Waals surface area contributed by atoms with Crippen LogP contribution in [-0.2, 0) is 30.8 Å². The Hall–Kier alpha value is -6.78. The molecule has 0 radical (unpaired) electrons. The Morgan fingerprint density at radius 2 is 1.52 bits per heavy atom. The number of azo groups is 1. The van der Waals surface area contributed by atoms with E-state index >= 15 is 9.59 Å². The van der Waals surface area contributed by atoms with Crippen LogP contribution in [0.3, 0.4) is 0 Å². The molecule has 13 nitrogen and oxygen atoms in total. The van der Waals surface area contributed by atoms with Gasteiger partial charge in [-0.1, -0.05) is 53.1 Å². The van der Waals surface area contributed by atoms with Gasteiger partial charge in [0.15, 0.2) is 17.3 Å². The fourth-order valence-electron chi connectivity index (χ4n) is 9.89. The minimum atomic E-state index is -4.77. The number of fused-ring (bicyclic) bond motifs is 4. The molecule has 2 aliphatic heterocycles. The zero-order valence-corrected chi connectivity index (χ0v) is 36.3. The van der Waals surface area contributed by atoms with Gasteiger partial charge in [-0.15, -0.1) is 0 Å². The van der Waals surface area contributed by atoms with Crippen molar-refractivity contribution < 1.29 is 42.2 Å². The molecule has 18 heteroatoms. The SMILES string of the molecule is COc1cc([C@H]2C3=CC[C@@H]4C(=O)N(c5ccc(N=Nc6ccc(N(C)C)cc6)cc5)C(=O)[C@@H]4[C@@H]3C[C@H]3C(=O)N(Nc4ncc(C(F)(F)F)cc4Cl)C(=O)[C@@]23c2ccc(Cl)cc2)ccc1O. The van der Waals surface area contributed by atoms with E-state index in [2.05, 4.69) is 20.6 Å². The number of methoxy groups -OCH3 is 1. The standard InChI is InChI=1S/C47H38Cl2F3N7O6/c1-57(2)30-13-9-28(10-14-30)54-55-29-11-15-31(16-12-29)58-42(61)33-18-17-32-34(39(33)44(58)63)22-35-43(62)59(56-41-36(49)21-26(23-53-41)47(50,51)52)45(64)46(35,25-5-7-27(48)8-6-25)40(32)24-4-19-37(60)38(20-24)65-3/h4-17,19-21,23,33-35,39-40,60H,18,22H2,1-3H3,(H,53,56)/t33-,34+,35-,39-,40-,46+/m0/s1. The molecule has 1 aromatic heterocycles. The first-order chi connectivity index (χ1) is 31.0. The molecule has 9 rings (SSSR count). The third-order valence-electron chi connectivity index (χ3n) is 12.8. The van der Waals surface area contributed by atoms with Crippen LogP contribution in [0.15, 0.2) is 125 Å². The number of nitrogens with one attached hydrogen (secondary N) is 1. The maximum Gasteiger partial charge on any atom is 0.417 e. The van der Waals surface area contributed by atoms with Crippen molar-refractivity contribution in [3.05, 3.63) is 142 Å². The average Bonchev–Trinajstić information content (AvgIpc) is 3.67. The van der Waals surface area contributed by atoms with Crippen LogP contribution in [0.25, 0.3) is 0 Å². The highest BCUT2D eigenvalue weighted by Crippen LogP contribution is 2.64. The number of nitrogens with zero attached hydrogens (tertiary/aromatic N) is 6. The number of benzene rings is 4. The fourth-order valence-corrected chi connectivity index (χ4v) is 10.2. The number of hydrazine groups is 1. The zero-order valence-electron chi connectivity index (χ0n) is 34.8. The summed E-state index contributed by atoms with van der Waals surface area (Å²) in [5, 5.41) is 19.9. The summed E-state index contributed by atoms with van der Waals surface area (Å²) >= 11 is 12.7. The number of aromatic nitrogens is 1. The maximum absolute atomic E-state index is 15.5. The van der Waals surface area contributed by atoms with Crippen LogP contribution in [0.1, 0.15) is 35.4 Å². The molecular weight excluding hydrogens is 886 g/mol. The van der Waals surface area contributed by atoms with Crippen LogP contribution < -0.4 is 20.0 Å². The lowest BCUT2D eigenvalue weighted by Gasteiger charge is -2.50. The van der Waals surface area contributed by atoms with E-state index in [0.29, 0.717) is 56.1 Å². The summed E-state index contributed by atoms with van der Waals surface area (Å²) in [6, 6.07) is 25.6. The second-order valence-corrected chi connectivity index (χ2v) is 17.3. The van der Waals surface area contributed by atoms with Gasteiger partial charge in [-0.25, -0.2) is 4.98 Å². The van der Waals surface area contributed by atoms with Crippen LogP contribution in [0, 0.1) is 23.7 Å². The van der Waals surface area contributed by atoms with Crippen molar-refractivity contribution in [1.82, 2.24) is 9.99 Å². The van der Waals surface area contributed by atoms with Crippen molar-refractivity contribution in [2.24, 2.45) is 33.9 Å². The van der Waals surface area contributed by atoms with Crippen LogP contribution in [0.2, 0.25) is 10.0 Å². The number of phenolic OH excluding ortho intramolecular Hbond substituents is 1. The number of hydrogen-bond donors (Lipinski definition) is 2. The van der Waals surface area contributed by atoms with Crippen LogP contribution in [-0.4, -0.2) is 59.9 Å². The summed E-state index contributed by atoms with van der Waals surface area (Å²) in [4.78, 5) is 66.6. The van der Waals surface area contributed by atoms with Crippen LogP contribution >= 0.6 is 23.2 Å². The number of aromatic hydroxyl groups is 1. The molecule has 0 bridgehead atoms. The second-order valence-electron chi connectivity index (χ2n) is 16.5. The van der Waals surface area contributed by atoms with Gasteiger partial charge in [0.2, 0.25) is 11.8 Å². The highest BCUT2D eigenvalue weighted by atomic mass is 35.5. The summed E-state index contributed by atoms with van der Waals surface area (Å²) in [6.07, 6.45) is -2.34. The van der Waals surface area contributed by atoms with Crippen molar-refractivity contribution in [2.45, 2.75) is 30.4 Å². The summed E-state index contributed by atoms with van der Waals surface area (Å²) in [7, 11) is 5.23. The monoisotopic (exact) mass is 923 g/mol. The van der Waals surface area contributed by atoms with E-state index in [-0.39, 0.29) is 30.2 Å². The number of imide groups is 2. The first kappa shape index (κ1) is 43.5. The third kappa shape index (κ3) is 7.24. The molecule has 5 aromatic rings. The average molecular weight is 925 g/mol. The molecule has 332 valence electrons. The highest BCUT2D eigenvalue weighted by Gasteiger charge is 2.70. The number of phenols is 1. The molecule has 3 fully saturated rings. The second kappa shape index (κ2) is 16.3. The predicted octanol–water partition coefficient (Wildman–Crippen LogP) is 9.79. The van der Waals surface area contributed by atoms with Gasteiger partial charge >= 0.3 is 6.18 Å². The third-order valence-corrected chi connectivity index (χ3v) is 13.4. The molecule has 2 saturated heterocycles. The van der Waals surface area contributed by atoms with Gasteiger partial charge in [0.05, 0.1) is 57.9 Å².